The van der Waals surface area contributed by atoms with Gasteiger partial charge in [-0.25, -0.2) is 9.78 Å². The molecule has 0 radical (unpaired) electrons. The van der Waals surface area contributed by atoms with E-state index in [0.29, 0.717) is 19.4 Å². The van der Waals surface area contributed by atoms with Crippen LogP contribution in [0, 0.1) is 0 Å². The van der Waals surface area contributed by atoms with Crippen molar-refractivity contribution in [2.24, 2.45) is 0 Å². The fourth-order valence-corrected chi connectivity index (χ4v) is 1.99. The Balaban J connectivity index is 1.96. The third-order valence-corrected chi connectivity index (χ3v) is 3.14. The summed E-state index contributed by atoms with van der Waals surface area (Å²) in [5.74, 6) is 0.481. The number of hydrogen-bond acceptors (Lipinski definition) is 5. The fraction of sp³-hybridized carbons (Fsp3) is 0.294. The monoisotopic (exact) mass is 300 g/mol. The van der Waals surface area contributed by atoms with Crippen LogP contribution in [0.15, 0.2) is 42.5 Å². The Hall–Kier alpha value is -2.40. The highest BCUT2D eigenvalue weighted by Gasteiger charge is 2.05. The average molecular weight is 300 g/mol. The lowest BCUT2D eigenvalue weighted by molar-refractivity contribution is -0.269. The summed E-state index contributed by atoms with van der Waals surface area (Å²) in [4.78, 5) is 25.1. The van der Waals surface area contributed by atoms with Crippen molar-refractivity contribution in [2.75, 3.05) is 19.0 Å². The molecule has 0 spiro atoms. The molecule has 0 saturated carbocycles. The quantitative estimate of drug-likeness (QED) is 0.628. The van der Waals surface area contributed by atoms with Crippen LogP contribution < -0.4 is 5.32 Å². The second-order valence-electron chi connectivity index (χ2n) is 4.72. The van der Waals surface area contributed by atoms with Gasteiger partial charge in [0.05, 0.1) is 18.7 Å². The minimum atomic E-state index is -0.352. The van der Waals surface area contributed by atoms with Crippen LogP contribution in [-0.4, -0.2) is 24.6 Å². The second kappa shape index (κ2) is 8.14. The van der Waals surface area contributed by atoms with Crippen LogP contribution in [0.25, 0.3) is 11.3 Å². The van der Waals surface area contributed by atoms with Crippen LogP contribution in [0.4, 0.5) is 5.82 Å². The highest BCUT2D eigenvalue weighted by atomic mass is 17.2. The molecule has 1 N–H and O–H groups in total. The van der Waals surface area contributed by atoms with Crippen molar-refractivity contribution in [1.29, 1.82) is 0 Å². The summed E-state index contributed by atoms with van der Waals surface area (Å²) in [6, 6.07) is 13.9. The summed E-state index contributed by atoms with van der Waals surface area (Å²) < 4.78 is 0. The van der Waals surface area contributed by atoms with Crippen LogP contribution in [0.2, 0.25) is 0 Å². The van der Waals surface area contributed by atoms with Gasteiger partial charge in [0.15, 0.2) is 0 Å². The van der Waals surface area contributed by atoms with Gasteiger partial charge in [-0.15, -0.1) is 0 Å². The number of hydrogen-bond donors (Lipinski definition) is 1. The zero-order valence-electron chi connectivity index (χ0n) is 12.8. The van der Waals surface area contributed by atoms with Crippen LogP contribution in [0.3, 0.4) is 0 Å². The molecule has 0 amide bonds. The molecule has 5 nitrogen and oxygen atoms in total. The fourth-order valence-electron chi connectivity index (χ4n) is 1.99. The number of pyridine rings is 1. The summed E-state index contributed by atoms with van der Waals surface area (Å²) in [5.41, 5.74) is 3.02. The number of anilines is 1. The highest BCUT2D eigenvalue weighted by Crippen LogP contribution is 2.19. The molecule has 1 heterocycles. The Morgan fingerprint density at radius 2 is 1.95 bits per heavy atom. The zero-order chi connectivity index (χ0) is 15.8. The molecule has 116 valence electrons. The summed E-state index contributed by atoms with van der Waals surface area (Å²) in [7, 11) is 1.84. The predicted octanol–water partition coefficient (Wildman–Crippen LogP) is 3.22. The normalized spacial score (nSPS) is 10.3. The lowest BCUT2D eigenvalue weighted by atomic mass is 10.1. The van der Waals surface area contributed by atoms with Crippen LogP contribution >= 0.6 is 0 Å². The SMILES string of the molecule is CCOOC(=O)CCc1ccc(-c2cccc(NC)n2)cc1. The maximum Gasteiger partial charge on any atom is 0.342 e. The van der Waals surface area contributed by atoms with Gasteiger partial charge in [-0.2, -0.15) is 4.89 Å². The van der Waals surface area contributed by atoms with E-state index in [4.69, 9.17) is 0 Å². The number of aromatic nitrogens is 1. The Morgan fingerprint density at radius 1 is 1.18 bits per heavy atom. The van der Waals surface area contributed by atoms with Crippen molar-refractivity contribution >= 4 is 11.8 Å². The summed E-state index contributed by atoms with van der Waals surface area (Å²) in [6.45, 7) is 2.13. The van der Waals surface area contributed by atoms with Gasteiger partial charge in [0, 0.05) is 12.6 Å². The molecule has 0 aliphatic carbocycles. The second-order valence-corrected chi connectivity index (χ2v) is 4.72. The van der Waals surface area contributed by atoms with E-state index in [1.165, 1.54) is 0 Å². The summed E-state index contributed by atoms with van der Waals surface area (Å²) in [6.07, 6.45) is 0.920. The molecule has 2 rings (SSSR count). The zero-order valence-corrected chi connectivity index (χ0v) is 12.8. The molecule has 0 atom stereocenters. The van der Waals surface area contributed by atoms with Crippen LogP contribution in [0.5, 0.6) is 0 Å². The van der Waals surface area contributed by atoms with E-state index < -0.39 is 0 Å². The molecule has 0 bridgehead atoms. The van der Waals surface area contributed by atoms with Crippen molar-refractivity contribution in [2.45, 2.75) is 19.8 Å². The minimum absolute atomic E-state index is 0.298. The molecule has 1 aromatic heterocycles. The molecule has 0 aliphatic rings. The largest absolute Gasteiger partial charge is 0.373 e. The smallest absolute Gasteiger partial charge is 0.342 e. The Morgan fingerprint density at radius 3 is 2.64 bits per heavy atom. The number of benzene rings is 1. The first-order chi connectivity index (χ1) is 10.7. The van der Waals surface area contributed by atoms with Crippen molar-refractivity contribution in [3.63, 3.8) is 0 Å². The third kappa shape index (κ3) is 4.56. The standard InChI is InChI=1S/C17H20N2O3/c1-3-21-22-17(20)12-9-13-7-10-14(11-8-13)15-5-4-6-16(18-2)19-15/h4-8,10-11H,3,9,12H2,1-2H3,(H,18,19). The third-order valence-electron chi connectivity index (χ3n) is 3.14. The van der Waals surface area contributed by atoms with E-state index in [9.17, 15) is 4.79 Å². The molecule has 1 aromatic carbocycles. The molecule has 0 aliphatic heterocycles. The van der Waals surface area contributed by atoms with Gasteiger partial charge in [-0.1, -0.05) is 30.3 Å². The molecular formula is C17H20N2O3. The molecule has 0 fully saturated rings. The number of rotatable bonds is 7. The molecule has 5 heteroatoms. The van der Waals surface area contributed by atoms with Gasteiger partial charge in [0.25, 0.3) is 0 Å². The summed E-state index contributed by atoms with van der Waals surface area (Å²) >= 11 is 0. The number of carbonyl (C=O) groups excluding carboxylic acids is 1. The lowest BCUT2D eigenvalue weighted by Gasteiger charge is -2.06. The number of nitrogens with one attached hydrogen (secondary N) is 1. The van der Waals surface area contributed by atoms with Gasteiger partial charge in [-0.3, -0.25) is 4.89 Å². The van der Waals surface area contributed by atoms with E-state index in [1.807, 2.05) is 49.5 Å². The number of nitrogens with zero attached hydrogens (tertiary/aromatic N) is 1. The lowest BCUT2D eigenvalue weighted by Crippen LogP contribution is -2.06. The topological polar surface area (TPSA) is 60.5 Å². The van der Waals surface area contributed by atoms with Gasteiger partial charge in [0.2, 0.25) is 0 Å². The van der Waals surface area contributed by atoms with Crippen LogP contribution in [0.1, 0.15) is 18.9 Å². The minimum Gasteiger partial charge on any atom is -0.373 e. The first-order valence-electron chi connectivity index (χ1n) is 7.29. The van der Waals surface area contributed by atoms with E-state index >= 15 is 0 Å². The molecule has 22 heavy (non-hydrogen) atoms. The number of carbonyl (C=O) groups is 1. The van der Waals surface area contributed by atoms with E-state index in [2.05, 4.69) is 20.1 Å². The molecular weight excluding hydrogens is 280 g/mol. The summed E-state index contributed by atoms with van der Waals surface area (Å²) in [5, 5.41) is 3.02. The van der Waals surface area contributed by atoms with Crippen molar-refractivity contribution in [3.05, 3.63) is 48.0 Å². The molecule has 0 saturated heterocycles. The van der Waals surface area contributed by atoms with Gasteiger partial charge < -0.3 is 5.32 Å². The van der Waals surface area contributed by atoms with Crippen LogP contribution in [-0.2, 0) is 21.0 Å². The van der Waals surface area contributed by atoms with E-state index in [0.717, 1.165) is 22.6 Å². The predicted molar refractivity (Wildman–Crippen MR) is 85.3 cm³/mol. The van der Waals surface area contributed by atoms with Crippen molar-refractivity contribution in [3.8, 4) is 11.3 Å². The van der Waals surface area contributed by atoms with Crippen molar-refractivity contribution in [1.82, 2.24) is 4.98 Å². The first kappa shape index (κ1) is 16.0. The molecule has 0 unspecified atom stereocenters. The Labute approximate surface area is 130 Å². The maximum atomic E-state index is 11.4. The van der Waals surface area contributed by atoms with E-state index in [-0.39, 0.29) is 5.97 Å². The Bertz CT molecular complexity index is 612. The number of aryl methyl sites for hydroxylation is 1. The van der Waals surface area contributed by atoms with Crippen molar-refractivity contribution < 1.29 is 14.6 Å². The Kier molecular flexibility index (Phi) is 5.91. The van der Waals surface area contributed by atoms with Gasteiger partial charge in [0.1, 0.15) is 5.82 Å². The highest BCUT2D eigenvalue weighted by molar-refractivity contribution is 5.69. The average Bonchev–Trinajstić information content (AvgIpc) is 2.58. The van der Waals surface area contributed by atoms with Gasteiger partial charge >= 0.3 is 5.97 Å². The van der Waals surface area contributed by atoms with E-state index in [1.54, 1.807) is 6.92 Å². The van der Waals surface area contributed by atoms with Gasteiger partial charge in [-0.05, 0) is 31.0 Å². The maximum absolute atomic E-state index is 11.4. The molecule has 2 aromatic rings. The first-order valence-corrected chi connectivity index (χ1v) is 7.29.